The van der Waals surface area contributed by atoms with Gasteiger partial charge in [0.2, 0.25) is 0 Å². The molecular formula is C12H22O3. The van der Waals surface area contributed by atoms with Gasteiger partial charge in [0, 0.05) is 13.3 Å². The van der Waals surface area contributed by atoms with Gasteiger partial charge in [-0.25, -0.2) is 0 Å². The molecule has 0 amide bonds. The van der Waals surface area contributed by atoms with E-state index in [0.29, 0.717) is 5.76 Å². The first-order chi connectivity index (χ1) is 7.07. The fourth-order valence-corrected chi connectivity index (χ4v) is 1.65. The highest BCUT2D eigenvalue weighted by atomic mass is 16.4. The third-order valence-electron chi connectivity index (χ3n) is 2.38. The molecular weight excluding hydrogens is 192 g/mol. The van der Waals surface area contributed by atoms with Crippen LogP contribution < -0.4 is 0 Å². The molecule has 0 aromatic carbocycles. The topological polar surface area (TPSA) is 57.5 Å². The van der Waals surface area contributed by atoms with Gasteiger partial charge < -0.3 is 10.2 Å². The van der Waals surface area contributed by atoms with Gasteiger partial charge in [0.15, 0.2) is 0 Å². The van der Waals surface area contributed by atoms with Gasteiger partial charge in [-0.3, -0.25) is 4.79 Å². The summed E-state index contributed by atoms with van der Waals surface area (Å²) in [5, 5.41) is 16.8. The van der Waals surface area contributed by atoms with E-state index in [0.717, 1.165) is 26.2 Å². The molecule has 0 aromatic heterocycles. The Morgan fingerprint density at radius 3 is 2.33 bits per heavy atom. The lowest BCUT2D eigenvalue weighted by molar-refractivity contribution is -0.134. The van der Waals surface area contributed by atoms with Crippen LogP contribution in [-0.4, -0.2) is 16.2 Å². The quantitative estimate of drug-likeness (QED) is 0.702. The van der Waals surface area contributed by atoms with Crippen molar-refractivity contribution in [3.63, 3.8) is 0 Å². The summed E-state index contributed by atoms with van der Waals surface area (Å²) in [6, 6.07) is 0. The monoisotopic (exact) mass is 214 g/mol. The Balaban J connectivity index is 0.000000423. The van der Waals surface area contributed by atoms with Crippen molar-refractivity contribution < 1.29 is 15.0 Å². The van der Waals surface area contributed by atoms with Crippen LogP contribution in [0.1, 0.15) is 58.8 Å². The first-order valence-electron chi connectivity index (χ1n) is 5.67. The second-order valence-electron chi connectivity index (χ2n) is 3.88. The van der Waals surface area contributed by atoms with Crippen LogP contribution >= 0.6 is 0 Å². The third kappa shape index (κ3) is 8.03. The number of carboxylic acids is 1. The minimum atomic E-state index is -0.833. The van der Waals surface area contributed by atoms with Crippen molar-refractivity contribution in [1.29, 1.82) is 0 Å². The average Bonchev–Trinajstić information content (AvgIpc) is 2.51. The maximum atomic E-state index is 9.37. The number of allylic oxidation sites excluding steroid dienone is 2. The van der Waals surface area contributed by atoms with Crippen molar-refractivity contribution in [1.82, 2.24) is 0 Å². The van der Waals surface area contributed by atoms with E-state index in [1.54, 1.807) is 0 Å². The van der Waals surface area contributed by atoms with E-state index in [4.69, 9.17) is 9.90 Å². The Kier molecular flexibility index (Phi) is 7.78. The molecule has 0 spiro atoms. The van der Waals surface area contributed by atoms with E-state index in [9.17, 15) is 5.11 Å². The van der Waals surface area contributed by atoms with E-state index in [-0.39, 0.29) is 0 Å². The highest BCUT2D eigenvalue weighted by molar-refractivity contribution is 5.62. The van der Waals surface area contributed by atoms with Crippen LogP contribution in [0.15, 0.2) is 11.3 Å². The van der Waals surface area contributed by atoms with Crippen LogP contribution in [0.4, 0.5) is 0 Å². The van der Waals surface area contributed by atoms with Crippen LogP contribution in [0.2, 0.25) is 0 Å². The fourth-order valence-electron chi connectivity index (χ4n) is 1.65. The molecule has 0 aromatic rings. The van der Waals surface area contributed by atoms with Crippen molar-refractivity contribution >= 4 is 5.97 Å². The molecule has 3 nitrogen and oxygen atoms in total. The van der Waals surface area contributed by atoms with E-state index < -0.39 is 5.97 Å². The summed E-state index contributed by atoms with van der Waals surface area (Å²) in [6.45, 7) is 3.29. The smallest absolute Gasteiger partial charge is 0.300 e. The second-order valence-corrected chi connectivity index (χ2v) is 3.88. The van der Waals surface area contributed by atoms with E-state index >= 15 is 0 Å². The molecule has 0 heterocycles. The lowest BCUT2D eigenvalue weighted by Crippen LogP contribution is -1.83. The van der Waals surface area contributed by atoms with E-state index in [1.165, 1.54) is 31.3 Å². The number of rotatable bonds is 4. The second kappa shape index (κ2) is 8.33. The van der Waals surface area contributed by atoms with Gasteiger partial charge in [-0.05, 0) is 31.3 Å². The molecule has 0 atom stereocenters. The van der Waals surface area contributed by atoms with Crippen LogP contribution in [-0.2, 0) is 4.79 Å². The number of aliphatic hydroxyl groups excluding tert-OH is 1. The van der Waals surface area contributed by atoms with E-state index in [2.05, 4.69) is 6.92 Å². The summed E-state index contributed by atoms with van der Waals surface area (Å²) in [4.78, 5) is 9.00. The summed E-state index contributed by atoms with van der Waals surface area (Å²) in [5.41, 5.74) is 1.33. The van der Waals surface area contributed by atoms with Crippen LogP contribution in [0.5, 0.6) is 0 Å². The number of aliphatic carboxylic acids is 1. The Hall–Kier alpha value is -0.990. The van der Waals surface area contributed by atoms with Gasteiger partial charge in [-0.15, -0.1) is 0 Å². The van der Waals surface area contributed by atoms with Gasteiger partial charge in [0.05, 0.1) is 5.76 Å². The van der Waals surface area contributed by atoms with Crippen molar-refractivity contribution in [3.05, 3.63) is 11.3 Å². The molecule has 88 valence electrons. The standard InChI is InChI=1S/C10H18O.C2H4O2/c1-2-3-4-6-9-7-5-8-10(9)11;1-2(3)4/h11H,2-8H2,1H3;1H3,(H,3,4). The number of hydrogen-bond acceptors (Lipinski definition) is 2. The predicted octanol–water partition coefficient (Wildman–Crippen LogP) is 3.65. The van der Waals surface area contributed by atoms with Crippen LogP contribution in [0.3, 0.4) is 0 Å². The van der Waals surface area contributed by atoms with Gasteiger partial charge >= 0.3 is 0 Å². The lowest BCUT2D eigenvalue weighted by atomic mass is 10.1. The summed E-state index contributed by atoms with van der Waals surface area (Å²) in [5.74, 6) is -0.138. The van der Waals surface area contributed by atoms with Crippen molar-refractivity contribution in [2.24, 2.45) is 0 Å². The molecule has 0 saturated heterocycles. The Morgan fingerprint density at radius 1 is 1.33 bits per heavy atom. The predicted molar refractivity (Wildman–Crippen MR) is 61.0 cm³/mol. The van der Waals surface area contributed by atoms with Gasteiger partial charge in [-0.1, -0.05) is 19.8 Å². The molecule has 1 aliphatic rings. The molecule has 15 heavy (non-hydrogen) atoms. The molecule has 0 saturated carbocycles. The molecule has 0 bridgehead atoms. The molecule has 1 rings (SSSR count). The Labute approximate surface area is 91.8 Å². The highest BCUT2D eigenvalue weighted by Crippen LogP contribution is 2.27. The minimum absolute atomic E-state index is 0.695. The Bertz CT molecular complexity index is 215. The minimum Gasteiger partial charge on any atom is -0.512 e. The first kappa shape index (κ1) is 14.0. The fraction of sp³-hybridized carbons (Fsp3) is 0.750. The molecule has 2 N–H and O–H groups in total. The van der Waals surface area contributed by atoms with Crippen LogP contribution in [0, 0.1) is 0 Å². The molecule has 0 radical (unpaired) electrons. The van der Waals surface area contributed by atoms with Gasteiger partial charge in [0.1, 0.15) is 0 Å². The molecule has 1 aliphatic carbocycles. The molecule has 0 unspecified atom stereocenters. The molecule has 0 fully saturated rings. The van der Waals surface area contributed by atoms with Gasteiger partial charge in [-0.2, -0.15) is 0 Å². The maximum absolute atomic E-state index is 9.37. The number of carboxylic acid groups (broad SMARTS) is 1. The zero-order valence-corrected chi connectivity index (χ0v) is 9.75. The SMILES string of the molecule is CC(=O)O.CCCCCC1=C(O)CCC1. The average molecular weight is 214 g/mol. The van der Waals surface area contributed by atoms with Crippen LogP contribution in [0.25, 0.3) is 0 Å². The van der Waals surface area contributed by atoms with Crippen molar-refractivity contribution in [2.45, 2.75) is 58.8 Å². The summed E-state index contributed by atoms with van der Waals surface area (Å²) in [6.07, 6.45) is 8.23. The lowest BCUT2D eigenvalue weighted by Gasteiger charge is -2.00. The summed E-state index contributed by atoms with van der Waals surface area (Å²) in [7, 11) is 0. The first-order valence-corrected chi connectivity index (χ1v) is 5.67. The number of aliphatic hydroxyl groups is 1. The largest absolute Gasteiger partial charge is 0.512 e. The maximum Gasteiger partial charge on any atom is 0.300 e. The zero-order chi connectivity index (χ0) is 11.7. The number of unbranched alkanes of at least 4 members (excludes halogenated alkanes) is 2. The third-order valence-corrected chi connectivity index (χ3v) is 2.38. The summed E-state index contributed by atoms with van der Waals surface area (Å²) >= 11 is 0. The zero-order valence-electron chi connectivity index (χ0n) is 9.75. The summed E-state index contributed by atoms with van der Waals surface area (Å²) < 4.78 is 0. The highest BCUT2D eigenvalue weighted by Gasteiger charge is 2.11. The van der Waals surface area contributed by atoms with E-state index in [1.807, 2.05) is 0 Å². The normalized spacial score (nSPS) is 14.8. The van der Waals surface area contributed by atoms with Gasteiger partial charge in [0.25, 0.3) is 5.97 Å². The molecule has 0 aliphatic heterocycles. The van der Waals surface area contributed by atoms with Crippen molar-refractivity contribution in [3.8, 4) is 0 Å². The number of hydrogen-bond donors (Lipinski definition) is 2. The molecule has 3 heteroatoms. The Morgan fingerprint density at radius 2 is 1.93 bits per heavy atom. The number of carbonyl (C=O) groups is 1. The van der Waals surface area contributed by atoms with Crippen molar-refractivity contribution in [2.75, 3.05) is 0 Å².